The highest BCUT2D eigenvalue weighted by molar-refractivity contribution is 4.94. The molecule has 0 aromatic carbocycles. The highest BCUT2D eigenvalue weighted by Gasteiger charge is 2.05. The molecular formula is C10H10N6O. The predicted molar refractivity (Wildman–Crippen MR) is 57.8 cm³/mol. The molecule has 7 nitrogen and oxygen atoms in total. The van der Waals surface area contributed by atoms with Gasteiger partial charge in [-0.25, -0.2) is 4.68 Å². The van der Waals surface area contributed by atoms with Gasteiger partial charge in [0.2, 0.25) is 0 Å². The highest BCUT2D eigenvalue weighted by atomic mass is 16.1. The molecule has 0 spiro atoms. The van der Waals surface area contributed by atoms with E-state index in [1.165, 1.54) is 10.7 Å². The number of aromatic nitrogens is 5. The second kappa shape index (κ2) is 5.03. The second-order valence-electron chi connectivity index (χ2n) is 3.39. The van der Waals surface area contributed by atoms with Gasteiger partial charge in [-0.1, -0.05) is 6.07 Å². The van der Waals surface area contributed by atoms with Crippen LogP contribution in [0.3, 0.4) is 0 Å². The zero-order valence-electron chi connectivity index (χ0n) is 9.02. The normalized spacial score (nSPS) is 10.1. The van der Waals surface area contributed by atoms with Gasteiger partial charge in [0.15, 0.2) is 5.82 Å². The minimum Gasteiger partial charge on any atom is -0.315 e. The number of hydrogen-bond donors (Lipinski definition) is 0. The van der Waals surface area contributed by atoms with E-state index >= 15 is 0 Å². The van der Waals surface area contributed by atoms with Gasteiger partial charge in [-0.3, -0.25) is 4.79 Å². The number of rotatable bonds is 4. The van der Waals surface area contributed by atoms with Crippen LogP contribution in [0, 0.1) is 11.3 Å². The maximum Gasteiger partial charge on any atom is 0.250 e. The summed E-state index contributed by atoms with van der Waals surface area (Å²) in [7, 11) is 0. The number of tetrazole rings is 1. The quantitative estimate of drug-likeness (QED) is 0.713. The molecule has 0 bridgehead atoms. The molecule has 0 fully saturated rings. The Morgan fingerprint density at radius 1 is 1.41 bits per heavy atom. The third kappa shape index (κ3) is 2.55. The van der Waals surface area contributed by atoms with Crippen LogP contribution in [0.15, 0.2) is 29.2 Å². The molecule has 0 aliphatic heterocycles. The molecule has 0 radical (unpaired) electrons. The van der Waals surface area contributed by atoms with Crippen molar-refractivity contribution in [2.45, 2.75) is 19.5 Å². The lowest BCUT2D eigenvalue weighted by Gasteiger charge is -2.03. The Morgan fingerprint density at radius 3 is 3.06 bits per heavy atom. The van der Waals surface area contributed by atoms with Crippen LogP contribution in [0.2, 0.25) is 0 Å². The van der Waals surface area contributed by atoms with Crippen LogP contribution >= 0.6 is 0 Å². The standard InChI is InChI=1S/C10H10N6O/c11-5-8-16-9(12-13-14-16)4-7-15-6-2-1-3-10(15)17/h1-3,6H,4,7-8H2. The fourth-order valence-electron chi connectivity index (χ4n) is 1.46. The van der Waals surface area contributed by atoms with Crippen molar-refractivity contribution in [3.8, 4) is 6.07 Å². The van der Waals surface area contributed by atoms with E-state index in [1.54, 1.807) is 22.9 Å². The second-order valence-corrected chi connectivity index (χ2v) is 3.39. The molecule has 2 heterocycles. The summed E-state index contributed by atoms with van der Waals surface area (Å²) in [4.78, 5) is 11.4. The van der Waals surface area contributed by atoms with Crippen LogP contribution in [-0.2, 0) is 19.5 Å². The maximum atomic E-state index is 11.4. The van der Waals surface area contributed by atoms with Crippen molar-refractivity contribution in [3.63, 3.8) is 0 Å². The van der Waals surface area contributed by atoms with Crippen molar-refractivity contribution >= 4 is 0 Å². The third-order valence-corrected chi connectivity index (χ3v) is 2.30. The van der Waals surface area contributed by atoms with Gasteiger partial charge in [0.25, 0.3) is 5.56 Å². The van der Waals surface area contributed by atoms with E-state index in [0.29, 0.717) is 18.8 Å². The van der Waals surface area contributed by atoms with Crippen LogP contribution < -0.4 is 5.56 Å². The number of nitrogens with zero attached hydrogens (tertiary/aromatic N) is 6. The first kappa shape index (κ1) is 11.0. The third-order valence-electron chi connectivity index (χ3n) is 2.30. The molecule has 2 aromatic heterocycles. The van der Waals surface area contributed by atoms with Gasteiger partial charge in [0.05, 0.1) is 6.07 Å². The SMILES string of the molecule is N#CCn1nnnc1CCn1ccccc1=O. The molecule has 0 aliphatic rings. The van der Waals surface area contributed by atoms with Crippen LogP contribution in [0.1, 0.15) is 5.82 Å². The first-order chi connectivity index (χ1) is 8.31. The fourth-order valence-corrected chi connectivity index (χ4v) is 1.46. The van der Waals surface area contributed by atoms with Gasteiger partial charge in [-0.15, -0.1) is 5.10 Å². The van der Waals surface area contributed by atoms with Crippen molar-refractivity contribution in [3.05, 3.63) is 40.6 Å². The van der Waals surface area contributed by atoms with Gasteiger partial charge < -0.3 is 4.57 Å². The number of nitriles is 1. The van der Waals surface area contributed by atoms with Crippen molar-refractivity contribution in [2.75, 3.05) is 0 Å². The molecule has 17 heavy (non-hydrogen) atoms. The molecule has 2 aromatic rings. The molecule has 0 saturated carbocycles. The summed E-state index contributed by atoms with van der Waals surface area (Å²) in [5, 5.41) is 19.6. The van der Waals surface area contributed by atoms with E-state index in [9.17, 15) is 4.79 Å². The summed E-state index contributed by atoms with van der Waals surface area (Å²) >= 11 is 0. The molecule has 0 aliphatic carbocycles. The van der Waals surface area contributed by atoms with Crippen molar-refractivity contribution in [1.82, 2.24) is 24.8 Å². The Balaban J connectivity index is 2.08. The molecule has 86 valence electrons. The number of aryl methyl sites for hydroxylation is 2. The van der Waals surface area contributed by atoms with E-state index in [-0.39, 0.29) is 12.1 Å². The summed E-state index contributed by atoms with van der Waals surface area (Å²) in [6, 6.07) is 6.95. The summed E-state index contributed by atoms with van der Waals surface area (Å²) in [6.07, 6.45) is 2.22. The monoisotopic (exact) mass is 230 g/mol. The van der Waals surface area contributed by atoms with Gasteiger partial charge in [0, 0.05) is 25.2 Å². The lowest BCUT2D eigenvalue weighted by molar-refractivity contribution is 0.591. The van der Waals surface area contributed by atoms with Gasteiger partial charge in [-0.2, -0.15) is 5.26 Å². The molecule has 0 N–H and O–H groups in total. The minimum absolute atomic E-state index is 0.0631. The summed E-state index contributed by atoms with van der Waals surface area (Å²) in [6.45, 7) is 0.609. The Labute approximate surface area is 96.9 Å². The van der Waals surface area contributed by atoms with E-state index in [1.807, 2.05) is 6.07 Å². The minimum atomic E-state index is -0.0631. The smallest absolute Gasteiger partial charge is 0.250 e. The molecule has 0 atom stereocenters. The summed E-state index contributed by atoms with van der Waals surface area (Å²) in [5.74, 6) is 0.599. The van der Waals surface area contributed by atoms with E-state index in [4.69, 9.17) is 5.26 Å². The van der Waals surface area contributed by atoms with Crippen molar-refractivity contribution in [1.29, 1.82) is 5.26 Å². The van der Waals surface area contributed by atoms with E-state index in [2.05, 4.69) is 15.5 Å². The topological polar surface area (TPSA) is 89.4 Å². The molecular weight excluding hydrogens is 220 g/mol. The van der Waals surface area contributed by atoms with Crippen molar-refractivity contribution < 1.29 is 0 Å². The molecule has 2 rings (SSSR count). The van der Waals surface area contributed by atoms with Crippen LogP contribution in [-0.4, -0.2) is 24.8 Å². The van der Waals surface area contributed by atoms with Gasteiger partial charge in [0.1, 0.15) is 6.54 Å². The molecule has 0 saturated heterocycles. The lowest BCUT2D eigenvalue weighted by atomic mass is 10.3. The van der Waals surface area contributed by atoms with Crippen LogP contribution in [0.25, 0.3) is 0 Å². The number of pyridine rings is 1. The predicted octanol–water partition coefficient (Wildman–Crippen LogP) is -0.399. The Bertz CT molecular complexity index is 593. The van der Waals surface area contributed by atoms with Crippen LogP contribution in [0.5, 0.6) is 0 Å². The first-order valence-electron chi connectivity index (χ1n) is 5.08. The van der Waals surface area contributed by atoms with E-state index in [0.717, 1.165) is 0 Å². The first-order valence-corrected chi connectivity index (χ1v) is 5.08. The maximum absolute atomic E-state index is 11.4. The fraction of sp³-hybridized carbons (Fsp3) is 0.300. The molecule has 0 amide bonds. The zero-order valence-corrected chi connectivity index (χ0v) is 9.02. The average molecular weight is 230 g/mol. The molecule has 7 heteroatoms. The number of hydrogen-bond acceptors (Lipinski definition) is 5. The molecule has 0 unspecified atom stereocenters. The largest absolute Gasteiger partial charge is 0.315 e. The Kier molecular flexibility index (Phi) is 3.25. The van der Waals surface area contributed by atoms with E-state index < -0.39 is 0 Å². The highest BCUT2D eigenvalue weighted by Crippen LogP contribution is 1.95. The lowest BCUT2D eigenvalue weighted by Crippen LogP contribution is -2.20. The van der Waals surface area contributed by atoms with Crippen LogP contribution in [0.4, 0.5) is 0 Å². The van der Waals surface area contributed by atoms with Gasteiger partial charge >= 0.3 is 0 Å². The Hall–Kier alpha value is -2.49. The average Bonchev–Trinajstić information content (AvgIpc) is 2.76. The zero-order chi connectivity index (χ0) is 12.1. The Morgan fingerprint density at radius 2 is 2.29 bits per heavy atom. The van der Waals surface area contributed by atoms with Crippen molar-refractivity contribution in [2.24, 2.45) is 0 Å². The summed E-state index contributed by atoms with van der Waals surface area (Å²) in [5.41, 5.74) is -0.0631. The van der Waals surface area contributed by atoms with Gasteiger partial charge in [-0.05, 0) is 16.5 Å². The summed E-state index contributed by atoms with van der Waals surface area (Å²) < 4.78 is 3.00.